The number of benzene rings is 1. The number of hydrogen-bond acceptors (Lipinski definition) is 2. The zero-order valence-electron chi connectivity index (χ0n) is 15.8. The monoisotopic (exact) mass is 322 g/mol. The van der Waals surface area contributed by atoms with Crippen LogP contribution in [0.5, 0.6) is 0 Å². The van der Waals surface area contributed by atoms with Crippen molar-refractivity contribution in [1.82, 2.24) is 9.55 Å². The highest BCUT2D eigenvalue weighted by atomic mass is 19.1. The molecule has 3 rings (SSSR count). The van der Waals surface area contributed by atoms with Gasteiger partial charge >= 0.3 is 0 Å². The molecule has 0 fully saturated rings. The quantitative estimate of drug-likeness (QED) is 0.717. The SMILES string of the molecule is CC.CC.Cc1cc(F)c2nc3n(c2c1)C(C)(C)CCC3(C)O. The van der Waals surface area contributed by atoms with Crippen LogP contribution in [-0.2, 0) is 11.1 Å². The lowest BCUT2D eigenvalue weighted by atomic mass is 9.84. The lowest BCUT2D eigenvalue weighted by molar-refractivity contribution is -0.0000667. The number of rotatable bonds is 0. The van der Waals surface area contributed by atoms with Crippen molar-refractivity contribution in [2.75, 3.05) is 0 Å². The number of nitrogens with zero attached hydrogens (tertiary/aromatic N) is 2. The molecule has 0 saturated carbocycles. The van der Waals surface area contributed by atoms with Crippen LogP contribution < -0.4 is 0 Å². The number of hydrogen-bond donors (Lipinski definition) is 1. The van der Waals surface area contributed by atoms with Gasteiger partial charge in [-0.2, -0.15) is 0 Å². The highest BCUT2D eigenvalue weighted by Gasteiger charge is 2.41. The van der Waals surface area contributed by atoms with Crippen molar-refractivity contribution in [3.63, 3.8) is 0 Å². The Morgan fingerprint density at radius 1 is 1.09 bits per heavy atom. The van der Waals surface area contributed by atoms with Gasteiger partial charge in [-0.15, -0.1) is 0 Å². The van der Waals surface area contributed by atoms with Crippen LogP contribution in [0.3, 0.4) is 0 Å². The van der Waals surface area contributed by atoms with Gasteiger partial charge in [-0.05, 0) is 58.2 Å². The lowest BCUT2D eigenvalue weighted by Crippen LogP contribution is -2.41. The van der Waals surface area contributed by atoms with E-state index in [0.717, 1.165) is 17.5 Å². The van der Waals surface area contributed by atoms with E-state index in [2.05, 4.69) is 18.8 Å². The molecule has 23 heavy (non-hydrogen) atoms. The Kier molecular flexibility index (Phi) is 5.97. The van der Waals surface area contributed by atoms with Crippen LogP contribution in [0.2, 0.25) is 0 Å². The molecule has 0 amide bonds. The van der Waals surface area contributed by atoms with Gasteiger partial charge in [0.05, 0.1) is 5.52 Å². The van der Waals surface area contributed by atoms with Crippen molar-refractivity contribution in [2.24, 2.45) is 0 Å². The highest BCUT2D eigenvalue weighted by molar-refractivity contribution is 5.78. The van der Waals surface area contributed by atoms with E-state index in [4.69, 9.17) is 0 Å². The second-order valence-electron chi connectivity index (χ2n) is 6.47. The van der Waals surface area contributed by atoms with Crippen LogP contribution in [0.25, 0.3) is 11.0 Å². The molecule has 0 spiro atoms. The molecule has 130 valence electrons. The first-order chi connectivity index (χ1) is 10.7. The summed E-state index contributed by atoms with van der Waals surface area (Å²) < 4.78 is 16.1. The number of aromatic nitrogens is 2. The average Bonchev–Trinajstić information content (AvgIpc) is 2.90. The van der Waals surface area contributed by atoms with Crippen LogP contribution in [0.1, 0.15) is 72.7 Å². The molecular formula is C19H31FN2O. The second kappa shape index (κ2) is 7.00. The molecule has 0 bridgehead atoms. The highest BCUT2D eigenvalue weighted by Crippen LogP contribution is 2.42. The van der Waals surface area contributed by atoms with Crippen molar-refractivity contribution in [1.29, 1.82) is 0 Å². The Morgan fingerprint density at radius 2 is 1.65 bits per heavy atom. The van der Waals surface area contributed by atoms with E-state index in [9.17, 15) is 9.50 Å². The molecule has 0 saturated heterocycles. The zero-order valence-corrected chi connectivity index (χ0v) is 15.8. The summed E-state index contributed by atoms with van der Waals surface area (Å²) in [5.74, 6) is 0.256. The predicted molar refractivity (Wildman–Crippen MR) is 95.3 cm³/mol. The van der Waals surface area contributed by atoms with E-state index in [1.54, 1.807) is 6.92 Å². The molecule has 2 aromatic rings. The van der Waals surface area contributed by atoms with E-state index in [1.807, 2.05) is 45.3 Å². The summed E-state index contributed by atoms with van der Waals surface area (Å²) in [6.45, 7) is 15.8. The Morgan fingerprint density at radius 3 is 2.22 bits per heavy atom. The molecule has 1 atom stereocenters. The molecule has 2 heterocycles. The minimum atomic E-state index is -0.991. The number of aryl methyl sites for hydroxylation is 1. The lowest BCUT2D eigenvalue weighted by Gasteiger charge is -2.40. The fourth-order valence-corrected chi connectivity index (χ4v) is 3.01. The smallest absolute Gasteiger partial charge is 0.151 e. The van der Waals surface area contributed by atoms with Crippen LogP contribution >= 0.6 is 0 Å². The minimum Gasteiger partial charge on any atom is -0.382 e. The fraction of sp³-hybridized carbons (Fsp3) is 0.632. The van der Waals surface area contributed by atoms with E-state index >= 15 is 0 Å². The van der Waals surface area contributed by atoms with Gasteiger partial charge in [-0.1, -0.05) is 27.7 Å². The van der Waals surface area contributed by atoms with Gasteiger partial charge < -0.3 is 9.67 Å². The Hall–Kier alpha value is -1.42. The van der Waals surface area contributed by atoms with Gasteiger partial charge in [0.1, 0.15) is 16.9 Å². The molecule has 1 aliphatic heterocycles. The molecular weight excluding hydrogens is 291 g/mol. The standard InChI is InChI=1S/C15H19FN2O.2C2H6/c1-9-7-10(16)12-11(8-9)18-13(17-12)15(4,19)6-5-14(18,2)3;2*1-2/h7-8,19H,5-6H2,1-4H3;2*1-2H3. The summed E-state index contributed by atoms with van der Waals surface area (Å²) in [4.78, 5) is 4.38. The fourth-order valence-electron chi connectivity index (χ4n) is 3.01. The van der Waals surface area contributed by atoms with Crippen molar-refractivity contribution in [3.8, 4) is 0 Å². The first kappa shape index (κ1) is 19.6. The Balaban J connectivity index is 0.000000615. The first-order valence-electron chi connectivity index (χ1n) is 8.64. The van der Waals surface area contributed by atoms with Crippen LogP contribution in [0, 0.1) is 12.7 Å². The summed E-state index contributed by atoms with van der Waals surface area (Å²) in [6.07, 6.45) is 1.48. The third-order valence-corrected chi connectivity index (χ3v) is 4.17. The van der Waals surface area contributed by atoms with Gasteiger partial charge in [0.15, 0.2) is 5.82 Å². The topological polar surface area (TPSA) is 38.0 Å². The van der Waals surface area contributed by atoms with E-state index in [-0.39, 0.29) is 11.4 Å². The Bertz CT molecular complexity index is 672. The van der Waals surface area contributed by atoms with Crippen molar-refractivity contribution < 1.29 is 9.50 Å². The van der Waals surface area contributed by atoms with Crippen molar-refractivity contribution in [2.45, 2.75) is 79.4 Å². The van der Waals surface area contributed by atoms with Gasteiger partial charge in [0, 0.05) is 5.54 Å². The largest absolute Gasteiger partial charge is 0.382 e. The van der Waals surface area contributed by atoms with Gasteiger partial charge in [0.2, 0.25) is 0 Å². The summed E-state index contributed by atoms with van der Waals surface area (Å²) in [5, 5.41) is 10.5. The third-order valence-electron chi connectivity index (χ3n) is 4.17. The van der Waals surface area contributed by atoms with Crippen LogP contribution in [-0.4, -0.2) is 14.7 Å². The zero-order chi connectivity index (χ0) is 18.0. The first-order valence-corrected chi connectivity index (χ1v) is 8.64. The van der Waals surface area contributed by atoms with Crippen LogP contribution in [0.15, 0.2) is 12.1 Å². The molecule has 1 aliphatic rings. The normalized spacial score (nSPS) is 21.7. The van der Waals surface area contributed by atoms with Crippen molar-refractivity contribution in [3.05, 3.63) is 29.3 Å². The number of aliphatic hydroxyl groups is 1. The molecule has 0 radical (unpaired) electrons. The summed E-state index contributed by atoms with van der Waals surface area (Å²) in [7, 11) is 0. The molecule has 1 unspecified atom stereocenters. The number of imidazole rings is 1. The van der Waals surface area contributed by atoms with Gasteiger partial charge in [0.25, 0.3) is 0 Å². The predicted octanol–water partition coefficient (Wildman–Crippen LogP) is 5.27. The molecule has 3 nitrogen and oxygen atoms in total. The Labute approximate surface area is 139 Å². The summed E-state index contributed by atoms with van der Waals surface area (Å²) >= 11 is 0. The maximum atomic E-state index is 14.1. The molecule has 4 heteroatoms. The maximum Gasteiger partial charge on any atom is 0.151 e. The van der Waals surface area contributed by atoms with E-state index < -0.39 is 5.60 Å². The summed E-state index contributed by atoms with van der Waals surface area (Å²) in [5.41, 5.74) is 0.851. The molecule has 0 aliphatic carbocycles. The molecule has 1 aromatic carbocycles. The average molecular weight is 322 g/mol. The number of halogens is 1. The van der Waals surface area contributed by atoms with E-state index in [0.29, 0.717) is 17.8 Å². The molecule has 1 aromatic heterocycles. The van der Waals surface area contributed by atoms with E-state index in [1.165, 1.54) is 6.07 Å². The van der Waals surface area contributed by atoms with Crippen LogP contribution in [0.4, 0.5) is 4.39 Å². The summed E-state index contributed by atoms with van der Waals surface area (Å²) in [6, 6.07) is 3.43. The minimum absolute atomic E-state index is 0.160. The third kappa shape index (κ3) is 3.42. The maximum absolute atomic E-state index is 14.1. The number of fused-ring (bicyclic) bond motifs is 3. The van der Waals surface area contributed by atoms with Gasteiger partial charge in [-0.3, -0.25) is 0 Å². The molecule has 1 N–H and O–H groups in total. The van der Waals surface area contributed by atoms with Gasteiger partial charge in [-0.25, -0.2) is 9.37 Å². The second-order valence-corrected chi connectivity index (χ2v) is 6.47. The van der Waals surface area contributed by atoms with Crippen molar-refractivity contribution >= 4 is 11.0 Å².